The third-order valence-corrected chi connectivity index (χ3v) is 11.5. The molecule has 4 aliphatic heterocycles. The number of aliphatic hydroxyl groups is 1. The third-order valence-electron chi connectivity index (χ3n) is 11.5. The molecule has 0 unspecified atom stereocenters. The van der Waals surface area contributed by atoms with E-state index in [2.05, 4.69) is 11.4 Å². The van der Waals surface area contributed by atoms with Crippen LogP contribution in [0.5, 0.6) is 11.5 Å². The second-order valence-corrected chi connectivity index (χ2v) is 15.9. The van der Waals surface area contributed by atoms with E-state index in [1.807, 2.05) is 29.8 Å². The van der Waals surface area contributed by atoms with Gasteiger partial charge in [0.25, 0.3) is 11.8 Å². The number of hydrogen-bond acceptors (Lipinski definition) is 13. The molecule has 6 atom stereocenters. The van der Waals surface area contributed by atoms with E-state index < -0.39 is 77.3 Å². The Morgan fingerprint density at radius 2 is 1.66 bits per heavy atom. The molecule has 3 amide bonds. The summed E-state index contributed by atoms with van der Waals surface area (Å²) < 4.78 is 17.3. The van der Waals surface area contributed by atoms with Crippen LogP contribution in [0.15, 0.2) is 52.8 Å². The summed E-state index contributed by atoms with van der Waals surface area (Å²) in [5.74, 6) is -3.66. The Hall–Kier alpha value is -5.85. The summed E-state index contributed by atoms with van der Waals surface area (Å²) in [5, 5.41) is 25.2. The van der Waals surface area contributed by atoms with E-state index >= 15 is 0 Å². The number of fused-ring (bicyclic) bond motifs is 7. The number of imide groups is 1. The van der Waals surface area contributed by atoms with E-state index in [4.69, 9.17) is 14.2 Å². The molecule has 2 aromatic rings. The fourth-order valence-electron chi connectivity index (χ4n) is 9.03. The fraction of sp³-hybridized carbons (Fsp3) is 0.439. The van der Waals surface area contributed by atoms with Crippen molar-refractivity contribution in [2.75, 3.05) is 20.7 Å². The number of allylic oxidation sites excluding steroid dienone is 2. The standard InChI is InChI=1S/C41H43N5O10/c1-18-13-21-14-25-27(16-42)46-26(31(44(25)7)29(21)36(35(18)54-8)55-40(53)56-41(4,5)6)15-24-30(34(49)33(48)19(2)32(24)47)28(46)17-43-37(50)20(3)45-38(51)22-11-9-10-12-23(22)39(45)52/h9-13,20,25-28,31,47H,14-15,17H2,1-8H3,(H,43,50)/t20-,25-,26-,27-,28-,31-/m0/s1. The lowest BCUT2D eigenvalue weighted by Gasteiger charge is -2.60. The molecule has 15 nitrogen and oxygen atoms in total. The largest absolute Gasteiger partial charge is 0.514 e. The van der Waals surface area contributed by atoms with Gasteiger partial charge >= 0.3 is 6.16 Å². The van der Waals surface area contributed by atoms with Gasteiger partial charge in [-0.25, -0.2) is 4.79 Å². The number of aliphatic hydroxyl groups excluding tert-OH is 1. The number of nitrogens with zero attached hydrogens (tertiary/aromatic N) is 4. The average molecular weight is 766 g/mol. The number of carbonyl (C=O) groups is 6. The van der Waals surface area contributed by atoms with Crippen LogP contribution in [0.25, 0.3) is 0 Å². The summed E-state index contributed by atoms with van der Waals surface area (Å²) in [7, 11) is 3.31. The zero-order valence-electron chi connectivity index (χ0n) is 32.4. The van der Waals surface area contributed by atoms with E-state index in [-0.39, 0.29) is 52.3 Å². The first kappa shape index (κ1) is 38.4. The Bertz CT molecular complexity index is 2210. The molecular weight excluding hydrogens is 722 g/mol. The minimum Gasteiger partial charge on any atom is -0.507 e. The first-order valence-electron chi connectivity index (χ1n) is 18.4. The van der Waals surface area contributed by atoms with Gasteiger partial charge in [0, 0.05) is 40.9 Å². The van der Waals surface area contributed by atoms with Crippen LogP contribution in [-0.2, 0) is 25.5 Å². The van der Waals surface area contributed by atoms with Gasteiger partial charge in [-0.15, -0.1) is 0 Å². The molecule has 1 fully saturated rings. The summed E-state index contributed by atoms with van der Waals surface area (Å²) in [5.41, 5.74) is 1.59. The number of nitrogens with one attached hydrogen (secondary N) is 1. The van der Waals surface area contributed by atoms with Crippen molar-refractivity contribution in [1.82, 2.24) is 20.0 Å². The van der Waals surface area contributed by atoms with Crippen molar-refractivity contribution in [3.63, 3.8) is 0 Å². The van der Waals surface area contributed by atoms with Crippen LogP contribution in [0.4, 0.5) is 4.79 Å². The maximum atomic E-state index is 13.9. The van der Waals surface area contributed by atoms with Gasteiger partial charge in [-0.05, 0) is 84.7 Å². The van der Waals surface area contributed by atoms with E-state index in [1.54, 1.807) is 32.9 Å². The molecule has 4 heterocycles. The Morgan fingerprint density at radius 1 is 1.02 bits per heavy atom. The van der Waals surface area contributed by atoms with E-state index in [0.717, 1.165) is 10.5 Å². The molecule has 2 bridgehead atoms. The van der Waals surface area contributed by atoms with Crippen LogP contribution >= 0.6 is 0 Å². The molecule has 2 N–H and O–H groups in total. The summed E-state index contributed by atoms with van der Waals surface area (Å²) >= 11 is 0. The quantitative estimate of drug-likeness (QED) is 0.142. The highest BCUT2D eigenvalue weighted by Crippen LogP contribution is 2.54. The molecule has 0 saturated carbocycles. The maximum Gasteiger partial charge on any atom is 0.514 e. The summed E-state index contributed by atoms with van der Waals surface area (Å²) in [6.07, 6.45) is -0.627. The number of piperazine rings is 1. The SMILES string of the molecule is COc1c(C)cc2c(c1OC(=O)OC(C)(C)C)[C@@H]1[C@@H]3CC4=C(C(=O)C(=O)C(C)=C4O)[C@H](CNC(=O)[C@H](C)N4C(=O)c5ccccc5C4=O)N3[C@@H](C#N)[C@H](C2)N1C. The van der Waals surface area contributed by atoms with Crippen LogP contribution < -0.4 is 14.8 Å². The number of amides is 3. The lowest BCUT2D eigenvalue weighted by atomic mass is 9.70. The summed E-state index contributed by atoms with van der Waals surface area (Å²) in [6.45, 7) is 9.41. The molecule has 0 radical (unpaired) electrons. The zero-order chi connectivity index (χ0) is 40.7. The normalized spacial score (nSPS) is 25.2. The molecule has 5 aliphatic rings. The van der Waals surface area contributed by atoms with Crippen molar-refractivity contribution in [3.8, 4) is 17.6 Å². The Kier molecular flexibility index (Phi) is 9.41. The number of likely N-dealkylation sites (N-methyl/N-ethyl adjacent to an activating group) is 1. The van der Waals surface area contributed by atoms with Gasteiger partial charge in [-0.1, -0.05) is 18.2 Å². The predicted octanol–water partition coefficient (Wildman–Crippen LogP) is 3.65. The van der Waals surface area contributed by atoms with E-state index in [9.17, 15) is 39.1 Å². The number of Topliss-reactive ketones (excluding diaryl/α,β-unsaturated/α-hetero) is 2. The fourth-order valence-corrected chi connectivity index (χ4v) is 9.03. The van der Waals surface area contributed by atoms with E-state index in [0.29, 0.717) is 23.3 Å². The Morgan fingerprint density at radius 3 is 2.25 bits per heavy atom. The van der Waals surface area contributed by atoms with Gasteiger partial charge in [0.2, 0.25) is 17.5 Å². The lowest BCUT2D eigenvalue weighted by Crippen LogP contribution is -2.71. The second kappa shape index (κ2) is 13.7. The molecule has 0 spiro atoms. The molecule has 15 heteroatoms. The van der Waals surface area contributed by atoms with Gasteiger partial charge < -0.3 is 24.6 Å². The molecule has 7 rings (SSSR count). The highest BCUT2D eigenvalue weighted by atomic mass is 16.7. The highest BCUT2D eigenvalue weighted by molar-refractivity contribution is 6.50. The highest BCUT2D eigenvalue weighted by Gasteiger charge is 2.58. The number of hydrogen-bond donors (Lipinski definition) is 2. The number of carbonyl (C=O) groups excluding carboxylic acids is 6. The number of ether oxygens (including phenoxy) is 3. The molecule has 0 aromatic heterocycles. The van der Waals surface area contributed by atoms with E-state index in [1.165, 1.54) is 33.1 Å². The van der Waals surface area contributed by atoms with Crippen LogP contribution in [0.1, 0.15) is 84.5 Å². The van der Waals surface area contributed by atoms with Crippen LogP contribution in [0.3, 0.4) is 0 Å². The van der Waals surface area contributed by atoms with Gasteiger partial charge in [0.05, 0.1) is 36.4 Å². The maximum absolute atomic E-state index is 13.9. The van der Waals surface area contributed by atoms with Crippen LogP contribution in [0.2, 0.25) is 0 Å². The Balaban J connectivity index is 1.32. The van der Waals surface area contributed by atoms with Crippen molar-refractivity contribution < 1.29 is 48.1 Å². The van der Waals surface area contributed by atoms with Gasteiger partial charge in [0.15, 0.2) is 11.5 Å². The molecule has 56 heavy (non-hydrogen) atoms. The topological polar surface area (TPSA) is 196 Å². The molecule has 1 saturated heterocycles. The number of aryl methyl sites for hydroxylation is 1. The predicted molar refractivity (Wildman–Crippen MR) is 198 cm³/mol. The van der Waals surface area contributed by atoms with Crippen LogP contribution in [0, 0.1) is 18.3 Å². The molecule has 292 valence electrons. The van der Waals surface area contributed by atoms with Gasteiger partial charge in [-0.3, -0.25) is 38.7 Å². The first-order chi connectivity index (χ1) is 26.4. The minimum absolute atomic E-state index is 0.00876. The second-order valence-electron chi connectivity index (χ2n) is 15.9. The summed E-state index contributed by atoms with van der Waals surface area (Å²) in [4.78, 5) is 85.5. The molecule has 2 aromatic carbocycles. The number of benzene rings is 2. The third kappa shape index (κ3) is 5.86. The van der Waals surface area contributed by atoms with Crippen molar-refractivity contribution in [2.45, 2.75) is 96.2 Å². The Labute approximate surface area is 323 Å². The van der Waals surface area contributed by atoms with Crippen molar-refractivity contribution >= 4 is 35.4 Å². The van der Waals surface area contributed by atoms with Gasteiger partial charge in [-0.2, -0.15) is 5.26 Å². The smallest absolute Gasteiger partial charge is 0.507 e. The number of nitriles is 1. The number of methoxy groups -OCH3 is 1. The molecule has 1 aliphatic carbocycles. The van der Waals surface area contributed by atoms with Gasteiger partial charge in [0.1, 0.15) is 23.4 Å². The first-order valence-corrected chi connectivity index (χ1v) is 18.4. The van der Waals surface area contributed by atoms with Crippen molar-refractivity contribution in [2.24, 2.45) is 0 Å². The zero-order valence-corrected chi connectivity index (χ0v) is 32.4. The average Bonchev–Trinajstić information content (AvgIpc) is 3.39. The lowest BCUT2D eigenvalue weighted by molar-refractivity contribution is -0.134. The number of ketones is 2. The van der Waals surface area contributed by atoms with Crippen LogP contribution in [-0.4, -0.2) is 112 Å². The monoisotopic (exact) mass is 765 g/mol. The molecular formula is C41H43N5O10. The number of rotatable bonds is 6. The summed E-state index contributed by atoms with van der Waals surface area (Å²) in [6, 6.07) is 5.55. The van der Waals surface area contributed by atoms with Crippen molar-refractivity contribution in [1.29, 1.82) is 5.26 Å². The minimum atomic E-state index is -1.26. The van der Waals surface area contributed by atoms with Crippen molar-refractivity contribution in [3.05, 3.63) is 80.6 Å².